The number of hydrogen-bond acceptors (Lipinski definition) is 4. The third-order valence-electron chi connectivity index (χ3n) is 0.799. The Kier molecular flexibility index (Phi) is 4.32. The number of esters is 1. The van der Waals surface area contributed by atoms with E-state index in [9.17, 15) is 4.79 Å². The quantitative estimate of drug-likeness (QED) is 0.335. The predicted molar refractivity (Wildman–Crippen MR) is 34.2 cm³/mol. The van der Waals surface area contributed by atoms with E-state index < -0.39 is 5.97 Å². The van der Waals surface area contributed by atoms with Gasteiger partial charge in [-0.05, 0) is 6.58 Å². The number of carbonyl (C=O) groups is 1. The van der Waals surface area contributed by atoms with Crippen LogP contribution in [-0.2, 0) is 14.3 Å². The summed E-state index contributed by atoms with van der Waals surface area (Å²) in [6, 6.07) is 0. The van der Waals surface area contributed by atoms with Crippen molar-refractivity contribution in [3.8, 4) is 0 Å². The van der Waals surface area contributed by atoms with E-state index in [4.69, 9.17) is 5.11 Å². The third kappa shape index (κ3) is 3.09. The molecule has 0 aliphatic heterocycles. The first-order chi connectivity index (χ1) is 4.72. The third-order valence-corrected chi connectivity index (χ3v) is 0.799. The summed E-state index contributed by atoms with van der Waals surface area (Å²) in [5.41, 5.74) is 0. The molecule has 0 heterocycles. The van der Waals surface area contributed by atoms with Gasteiger partial charge in [0.2, 0.25) is 0 Å². The van der Waals surface area contributed by atoms with Gasteiger partial charge in [0.25, 0.3) is 0 Å². The molecule has 0 saturated heterocycles. The van der Waals surface area contributed by atoms with Gasteiger partial charge in [-0.25, -0.2) is 4.79 Å². The average molecular weight is 146 g/mol. The summed E-state index contributed by atoms with van der Waals surface area (Å²) in [6.45, 7) is 3.03. The lowest BCUT2D eigenvalue weighted by molar-refractivity contribution is -0.143. The van der Waals surface area contributed by atoms with Crippen LogP contribution >= 0.6 is 0 Å². The van der Waals surface area contributed by atoms with Crippen LogP contribution in [0.4, 0.5) is 0 Å². The number of carbonyl (C=O) groups excluding carboxylic acids is 1. The highest BCUT2D eigenvalue weighted by Crippen LogP contribution is 1.93. The van der Waals surface area contributed by atoms with Crippen molar-refractivity contribution in [2.24, 2.45) is 0 Å². The van der Waals surface area contributed by atoms with Crippen LogP contribution in [0.3, 0.4) is 0 Å². The van der Waals surface area contributed by atoms with Gasteiger partial charge in [-0.15, -0.1) is 0 Å². The molecule has 1 N–H and O–H groups in total. The fourth-order valence-electron chi connectivity index (χ4n) is 0.302. The summed E-state index contributed by atoms with van der Waals surface area (Å²) in [5, 5.41) is 8.22. The average Bonchev–Trinajstić information content (AvgIpc) is 1.98. The van der Waals surface area contributed by atoms with Crippen LogP contribution in [0.1, 0.15) is 0 Å². The summed E-state index contributed by atoms with van der Waals surface area (Å²) >= 11 is 0. The zero-order valence-corrected chi connectivity index (χ0v) is 5.79. The van der Waals surface area contributed by atoms with Crippen LogP contribution in [0.15, 0.2) is 12.3 Å². The molecule has 0 atom stereocenters. The van der Waals surface area contributed by atoms with Crippen molar-refractivity contribution >= 4 is 5.97 Å². The van der Waals surface area contributed by atoms with Crippen molar-refractivity contribution in [1.29, 1.82) is 0 Å². The Morgan fingerprint density at radius 1 is 1.70 bits per heavy atom. The number of aliphatic hydroxyl groups is 1. The van der Waals surface area contributed by atoms with Gasteiger partial charge in [0.05, 0.1) is 13.7 Å². The van der Waals surface area contributed by atoms with E-state index >= 15 is 0 Å². The molecule has 4 nitrogen and oxygen atoms in total. The molecule has 0 amide bonds. The molecule has 0 unspecified atom stereocenters. The van der Waals surface area contributed by atoms with Crippen LogP contribution in [0.2, 0.25) is 0 Å². The highest BCUT2D eigenvalue weighted by atomic mass is 16.6. The van der Waals surface area contributed by atoms with Crippen molar-refractivity contribution in [2.45, 2.75) is 0 Å². The SMILES string of the molecule is C=C(OC)C(=O)OCCO. The smallest absolute Gasteiger partial charge is 0.373 e. The molecule has 10 heavy (non-hydrogen) atoms. The fraction of sp³-hybridized carbons (Fsp3) is 0.500. The van der Waals surface area contributed by atoms with Gasteiger partial charge in [-0.3, -0.25) is 0 Å². The van der Waals surface area contributed by atoms with E-state index in [2.05, 4.69) is 16.1 Å². The minimum atomic E-state index is -0.642. The topological polar surface area (TPSA) is 55.8 Å². The van der Waals surface area contributed by atoms with E-state index in [-0.39, 0.29) is 19.0 Å². The molecule has 0 spiro atoms. The summed E-state index contributed by atoms with van der Waals surface area (Å²) in [6.07, 6.45) is 0. The molecule has 58 valence electrons. The zero-order chi connectivity index (χ0) is 7.98. The fourth-order valence-corrected chi connectivity index (χ4v) is 0.302. The van der Waals surface area contributed by atoms with Crippen molar-refractivity contribution < 1.29 is 19.4 Å². The van der Waals surface area contributed by atoms with Gasteiger partial charge in [0, 0.05) is 0 Å². The molecule has 4 heteroatoms. The van der Waals surface area contributed by atoms with Gasteiger partial charge < -0.3 is 14.6 Å². The molecule has 0 aliphatic rings. The molecule has 0 radical (unpaired) electrons. The highest BCUT2D eigenvalue weighted by Gasteiger charge is 2.06. The largest absolute Gasteiger partial charge is 0.490 e. The zero-order valence-electron chi connectivity index (χ0n) is 5.79. The highest BCUT2D eigenvalue weighted by molar-refractivity contribution is 5.85. The van der Waals surface area contributed by atoms with Gasteiger partial charge in [0.15, 0.2) is 5.76 Å². The van der Waals surface area contributed by atoms with Gasteiger partial charge >= 0.3 is 5.97 Å². The summed E-state index contributed by atoms with van der Waals surface area (Å²) < 4.78 is 8.89. The van der Waals surface area contributed by atoms with E-state index in [1.807, 2.05) is 0 Å². The number of methoxy groups -OCH3 is 1. The molecular weight excluding hydrogens is 136 g/mol. The Bertz CT molecular complexity index is 130. The van der Waals surface area contributed by atoms with Crippen LogP contribution in [-0.4, -0.2) is 31.4 Å². The Balaban J connectivity index is 3.52. The maximum atomic E-state index is 10.6. The van der Waals surface area contributed by atoms with E-state index in [0.29, 0.717) is 0 Å². The van der Waals surface area contributed by atoms with Crippen molar-refractivity contribution in [1.82, 2.24) is 0 Å². The second-order valence-corrected chi connectivity index (χ2v) is 1.49. The van der Waals surface area contributed by atoms with E-state index in [1.54, 1.807) is 0 Å². The minimum absolute atomic E-state index is 0.0266. The van der Waals surface area contributed by atoms with Crippen LogP contribution in [0, 0.1) is 0 Å². The Hall–Kier alpha value is -1.03. The van der Waals surface area contributed by atoms with Crippen molar-refractivity contribution in [2.75, 3.05) is 20.3 Å². The molecule has 0 aromatic heterocycles. The molecule has 0 bridgehead atoms. The lowest BCUT2D eigenvalue weighted by Gasteiger charge is -2.02. The Labute approximate surface area is 59.1 Å². The first-order valence-corrected chi connectivity index (χ1v) is 2.73. The second-order valence-electron chi connectivity index (χ2n) is 1.49. The number of rotatable bonds is 4. The van der Waals surface area contributed by atoms with Gasteiger partial charge in [0.1, 0.15) is 6.61 Å². The summed E-state index contributed by atoms with van der Waals surface area (Å²) in [7, 11) is 1.32. The van der Waals surface area contributed by atoms with Crippen LogP contribution in [0.5, 0.6) is 0 Å². The first kappa shape index (κ1) is 8.97. The van der Waals surface area contributed by atoms with E-state index in [1.165, 1.54) is 7.11 Å². The number of hydrogen-bond donors (Lipinski definition) is 1. The van der Waals surface area contributed by atoms with E-state index in [0.717, 1.165) is 0 Å². The minimum Gasteiger partial charge on any atom is -0.490 e. The summed E-state index contributed by atoms with van der Waals surface area (Å²) in [4.78, 5) is 10.6. The Morgan fingerprint density at radius 3 is 2.70 bits per heavy atom. The number of aliphatic hydroxyl groups excluding tert-OH is 1. The molecule has 0 saturated carbocycles. The standard InChI is InChI=1S/C6H10O4/c1-5(9-2)6(8)10-4-3-7/h7H,1,3-4H2,2H3. The van der Waals surface area contributed by atoms with Crippen LogP contribution < -0.4 is 0 Å². The Morgan fingerprint density at radius 2 is 2.30 bits per heavy atom. The first-order valence-electron chi connectivity index (χ1n) is 2.73. The number of ether oxygens (including phenoxy) is 2. The van der Waals surface area contributed by atoms with Crippen LogP contribution in [0.25, 0.3) is 0 Å². The molecule has 0 aliphatic carbocycles. The lowest BCUT2D eigenvalue weighted by atomic mass is 10.6. The molecule has 0 rings (SSSR count). The predicted octanol–water partition coefficient (Wildman–Crippen LogP) is -0.318. The van der Waals surface area contributed by atoms with Crippen molar-refractivity contribution in [3.63, 3.8) is 0 Å². The normalized spacial score (nSPS) is 8.60. The maximum Gasteiger partial charge on any atom is 0.373 e. The summed E-state index contributed by atoms with van der Waals surface area (Å²) in [5.74, 6) is -0.704. The molecule has 0 aromatic rings. The molecule has 0 fully saturated rings. The monoisotopic (exact) mass is 146 g/mol. The van der Waals surface area contributed by atoms with Crippen molar-refractivity contribution in [3.05, 3.63) is 12.3 Å². The molecular formula is C6H10O4. The molecule has 0 aromatic carbocycles. The lowest BCUT2D eigenvalue weighted by Crippen LogP contribution is -2.11. The second kappa shape index (κ2) is 4.81. The maximum absolute atomic E-state index is 10.6. The van der Waals surface area contributed by atoms with Gasteiger partial charge in [-0.1, -0.05) is 0 Å². The van der Waals surface area contributed by atoms with Gasteiger partial charge in [-0.2, -0.15) is 0 Å².